The highest BCUT2D eigenvalue weighted by Crippen LogP contribution is 2.25. The number of anilines is 2. The Morgan fingerprint density at radius 2 is 2.05 bits per heavy atom. The summed E-state index contributed by atoms with van der Waals surface area (Å²) in [5, 5.41) is 20.4. The first kappa shape index (κ1) is 14.0. The van der Waals surface area contributed by atoms with Crippen LogP contribution in [0.4, 0.5) is 15.8 Å². The van der Waals surface area contributed by atoms with Crippen molar-refractivity contribution in [3.8, 4) is 6.07 Å². The molecule has 20 heavy (non-hydrogen) atoms. The molecule has 0 spiro atoms. The van der Waals surface area contributed by atoms with Gasteiger partial charge in [0.2, 0.25) is 0 Å². The SMILES string of the molecule is N#Cc1ccc(Nc2ccc(C(=O)O)cc2F)cc1Br. The highest BCUT2D eigenvalue weighted by Gasteiger charge is 2.09. The van der Waals surface area contributed by atoms with Gasteiger partial charge in [-0.05, 0) is 52.3 Å². The third kappa shape index (κ3) is 2.95. The van der Waals surface area contributed by atoms with Crippen molar-refractivity contribution in [2.45, 2.75) is 0 Å². The van der Waals surface area contributed by atoms with Crippen LogP contribution >= 0.6 is 15.9 Å². The Labute approximate surface area is 122 Å². The van der Waals surface area contributed by atoms with Gasteiger partial charge in [0.05, 0.1) is 16.8 Å². The lowest BCUT2D eigenvalue weighted by Crippen LogP contribution is -2.00. The molecule has 0 aliphatic rings. The van der Waals surface area contributed by atoms with Crippen molar-refractivity contribution in [2.75, 3.05) is 5.32 Å². The van der Waals surface area contributed by atoms with Crippen molar-refractivity contribution >= 4 is 33.3 Å². The van der Waals surface area contributed by atoms with Gasteiger partial charge in [0.1, 0.15) is 11.9 Å². The molecule has 0 saturated carbocycles. The van der Waals surface area contributed by atoms with Crippen LogP contribution in [0.1, 0.15) is 15.9 Å². The van der Waals surface area contributed by atoms with E-state index in [9.17, 15) is 9.18 Å². The predicted octanol–water partition coefficient (Wildman–Crippen LogP) is 3.90. The number of carboxylic acids is 1. The van der Waals surface area contributed by atoms with E-state index in [1.54, 1.807) is 18.2 Å². The van der Waals surface area contributed by atoms with Gasteiger partial charge in [-0.25, -0.2) is 9.18 Å². The monoisotopic (exact) mass is 334 g/mol. The number of hydrogen-bond donors (Lipinski definition) is 2. The second-order valence-corrected chi connectivity index (χ2v) is 4.79. The van der Waals surface area contributed by atoms with E-state index in [0.29, 0.717) is 15.7 Å². The summed E-state index contributed by atoms with van der Waals surface area (Å²) in [6.45, 7) is 0. The van der Waals surface area contributed by atoms with Crippen LogP contribution in [0.15, 0.2) is 40.9 Å². The summed E-state index contributed by atoms with van der Waals surface area (Å²) in [7, 11) is 0. The number of nitriles is 1. The molecule has 2 rings (SSSR count). The summed E-state index contributed by atoms with van der Waals surface area (Å²) in [5.41, 5.74) is 1.09. The zero-order valence-corrected chi connectivity index (χ0v) is 11.6. The highest BCUT2D eigenvalue weighted by atomic mass is 79.9. The van der Waals surface area contributed by atoms with Crippen LogP contribution < -0.4 is 5.32 Å². The molecule has 0 aromatic heterocycles. The van der Waals surface area contributed by atoms with Crippen molar-refractivity contribution in [3.05, 3.63) is 57.8 Å². The zero-order chi connectivity index (χ0) is 14.7. The van der Waals surface area contributed by atoms with Gasteiger partial charge in [0.15, 0.2) is 0 Å². The largest absolute Gasteiger partial charge is 0.478 e. The van der Waals surface area contributed by atoms with Crippen LogP contribution in [0.3, 0.4) is 0 Å². The summed E-state index contributed by atoms with van der Waals surface area (Å²) in [6, 6.07) is 10.5. The van der Waals surface area contributed by atoms with Gasteiger partial charge >= 0.3 is 5.97 Å². The van der Waals surface area contributed by atoms with E-state index in [1.807, 2.05) is 6.07 Å². The molecule has 0 heterocycles. The second-order valence-electron chi connectivity index (χ2n) is 3.93. The molecule has 0 radical (unpaired) electrons. The Hall–Kier alpha value is -2.39. The highest BCUT2D eigenvalue weighted by molar-refractivity contribution is 9.10. The maximum absolute atomic E-state index is 13.8. The molecule has 0 aliphatic heterocycles. The molecule has 0 bridgehead atoms. The van der Waals surface area contributed by atoms with E-state index in [-0.39, 0.29) is 11.3 Å². The molecule has 0 unspecified atom stereocenters. The molecule has 2 aromatic carbocycles. The lowest BCUT2D eigenvalue weighted by atomic mass is 10.2. The van der Waals surface area contributed by atoms with Crippen molar-refractivity contribution in [1.29, 1.82) is 5.26 Å². The molecule has 0 fully saturated rings. The fraction of sp³-hybridized carbons (Fsp3) is 0. The van der Waals surface area contributed by atoms with Crippen LogP contribution in [-0.2, 0) is 0 Å². The lowest BCUT2D eigenvalue weighted by molar-refractivity contribution is 0.0696. The van der Waals surface area contributed by atoms with E-state index in [4.69, 9.17) is 10.4 Å². The maximum atomic E-state index is 13.8. The van der Waals surface area contributed by atoms with E-state index in [0.717, 1.165) is 6.07 Å². The van der Waals surface area contributed by atoms with Crippen molar-refractivity contribution in [3.63, 3.8) is 0 Å². The number of hydrogen-bond acceptors (Lipinski definition) is 3. The number of aromatic carboxylic acids is 1. The summed E-state index contributed by atoms with van der Waals surface area (Å²) >= 11 is 3.24. The molecular weight excluding hydrogens is 327 g/mol. The molecule has 4 nitrogen and oxygen atoms in total. The first-order chi connectivity index (χ1) is 9.51. The van der Waals surface area contributed by atoms with E-state index in [2.05, 4.69) is 21.2 Å². The van der Waals surface area contributed by atoms with Crippen molar-refractivity contribution in [1.82, 2.24) is 0 Å². The molecule has 0 atom stereocenters. The molecule has 0 aliphatic carbocycles. The predicted molar refractivity (Wildman–Crippen MR) is 75.5 cm³/mol. The summed E-state index contributed by atoms with van der Waals surface area (Å²) in [4.78, 5) is 10.7. The number of carbonyl (C=O) groups is 1. The van der Waals surface area contributed by atoms with Crippen molar-refractivity contribution in [2.24, 2.45) is 0 Å². The maximum Gasteiger partial charge on any atom is 0.335 e. The Kier molecular flexibility index (Phi) is 4.01. The van der Waals surface area contributed by atoms with Gasteiger partial charge in [-0.15, -0.1) is 0 Å². The lowest BCUT2D eigenvalue weighted by Gasteiger charge is -2.09. The molecule has 2 N–H and O–H groups in total. The number of nitrogens with zero attached hydrogens (tertiary/aromatic N) is 1. The van der Waals surface area contributed by atoms with Gasteiger partial charge in [-0.1, -0.05) is 0 Å². The number of rotatable bonds is 3. The second kappa shape index (κ2) is 5.72. The number of carboxylic acid groups (broad SMARTS) is 1. The zero-order valence-electron chi connectivity index (χ0n) is 10.0. The molecule has 2 aromatic rings. The molecule has 100 valence electrons. The fourth-order valence-electron chi connectivity index (χ4n) is 1.59. The third-order valence-corrected chi connectivity index (χ3v) is 3.24. The van der Waals surface area contributed by atoms with Crippen LogP contribution in [0.2, 0.25) is 0 Å². The minimum atomic E-state index is -1.18. The van der Waals surface area contributed by atoms with E-state index >= 15 is 0 Å². The van der Waals surface area contributed by atoms with Gasteiger partial charge in [0, 0.05) is 10.2 Å². The molecule has 6 heteroatoms. The Morgan fingerprint density at radius 3 is 2.60 bits per heavy atom. The smallest absolute Gasteiger partial charge is 0.335 e. The summed E-state index contributed by atoms with van der Waals surface area (Å²) in [6.07, 6.45) is 0. The normalized spacial score (nSPS) is 9.85. The average molecular weight is 335 g/mol. The van der Waals surface area contributed by atoms with Crippen LogP contribution in [0, 0.1) is 17.1 Å². The molecule has 0 amide bonds. The quantitative estimate of drug-likeness (QED) is 0.892. The summed E-state index contributed by atoms with van der Waals surface area (Å²) in [5.74, 6) is -1.85. The van der Waals surface area contributed by atoms with Gasteiger partial charge in [-0.3, -0.25) is 0 Å². The number of nitrogens with one attached hydrogen (secondary N) is 1. The van der Waals surface area contributed by atoms with Gasteiger partial charge in [0.25, 0.3) is 0 Å². The average Bonchev–Trinajstić information content (AvgIpc) is 2.41. The van der Waals surface area contributed by atoms with Crippen LogP contribution in [0.25, 0.3) is 0 Å². The van der Waals surface area contributed by atoms with E-state index < -0.39 is 11.8 Å². The fourth-order valence-corrected chi connectivity index (χ4v) is 2.06. The Morgan fingerprint density at radius 1 is 1.30 bits per heavy atom. The van der Waals surface area contributed by atoms with Crippen molar-refractivity contribution < 1.29 is 14.3 Å². The standard InChI is InChI=1S/C14H8BrFN2O2/c15-11-6-10(3-1-9(11)7-17)18-13-4-2-8(14(19)20)5-12(13)16/h1-6,18H,(H,19,20). The Bertz CT molecular complexity index is 726. The van der Waals surface area contributed by atoms with Gasteiger partial charge in [-0.2, -0.15) is 5.26 Å². The summed E-state index contributed by atoms with van der Waals surface area (Å²) < 4.78 is 14.3. The molecule has 0 saturated heterocycles. The first-order valence-electron chi connectivity index (χ1n) is 5.51. The Balaban J connectivity index is 2.29. The molecular formula is C14H8BrFN2O2. The van der Waals surface area contributed by atoms with E-state index in [1.165, 1.54) is 12.1 Å². The minimum absolute atomic E-state index is 0.117. The van der Waals surface area contributed by atoms with Crippen LogP contribution in [0.5, 0.6) is 0 Å². The van der Waals surface area contributed by atoms with Crippen LogP contribution in [-0.4, -0.2) is 11.1 Å². The minimum Gasteiger partial charge on any atom is -0.478 e. The number of halogens is 2. The number of benzene rings is 2. The first-order valence-corrected chi connectivity index (χ1v) is 6.30. The topological polar surface area (TPSA) is 73.1 Å². The van der Waals surface area contributed by atoms with Gasteiger partial charge < -0.3 is 10.4 Å². The third-order valence-electron chi connectivity index (χ3n) is 2.58.